The minimum atomic E-state index is -2.88. The Balaban J connectivity index is 1.52. The Kier molecular flexibility index (Phi) is 7.07. The summed E-state index contributed by atoms with van der Waals surface area (Å²) in [6.45, 7) is -2.16. The van der Waals surface area contributed by atoms with Crippen molar-refractivity contribution in [3.05, 3.63) is 24.3 Å². The van der Waals surface area contributed by atoms with Crippen molar-refractivity contribution in [3.63, 3.8) is 0 Å². The molecule has 0 spiro atoms. The van der Waals surface area contributed by atoms with E-state index in [1.165, 1.54) is 60.7 Å². The first-order valence-electron chi connectivity index (χ1n) is 9.18. The molecule has 1 aliphatic carbocycles. The van der Waals surface area contributed by atoms with Gasteiger partial charge in [-0.05, 0) is 43.0 Å². The van der Waals surface area contributed by atoms with E-state index in [1.54, 1.807) is 12.1 Å². The first-order valence-corrected chi connectivity index (χ1v) is 10.2. The normalized spacial score (nSPS) is 15.0. The standard InChI is InChI=1S/C18H23F2N5O2S/c19-17(20)27-14-8-6-13(7-9-14)16-23-24-18(25(16)21)28-11-15(26)22-10-12-4-2-1-3-5-12/h6-9,12,17H,1-5,10-11,21H2,(H,22,26). The molecule has 1 aromatic carbocycles. The van der Waals surface area contributed by atoms with E-state index in [2.05, 4.69) is 20.3 Å². The maximum Gasteiger partial charge on any atom is 0.387 e. The molecule has 28 heavy (non-hydrogen) atoms. The summed E-state index contributed by atoms with van der Waals surface area (Å²) in [5.74, 6) is 7.15. The number of ether oxygens (including phenoxy) is 1. The smallest absolute Gasteiger partial charge is 0.387 e. The average molecular weight is 411 g/mol. The zero-order chi connectivity index (χ0) is 19.9. The number of carbonyl (C=O) groups excluding carboxylic acids is 1. The highest BCUT2D eigenvalue weighted by atomic mass is 32.2. The van der Waals surface area contributed by atoms with Crippen LogP contribution in [0.1, 0.15) is 32.1 Å². The fraction of sp³-hybridized carbons (Fsp3) is 0.500. The van der Waals surface area contributed by atoms with Crippen LogP contribution >= 0.6 is 11.8 Å². The Bertz CT molecular complexity index is 779. The fourth-order valence-corrected chi connectivity index (χ4v) is 3.87. The Labute approximate surface area is 166 Å². The van der Waals surface area contributed by atoms with E-state index in [-0.39, 0.29) is 17.4 Å². The third kappa shape index (κ3) is 5.57. The number of benzene rings is 1. The number of hydrogen-bond acceptors (Lipinski definition) is 6. The molecular formula is C18H23F2N5O2S. The second-order valence-corrected chi connectivity index (χ2v) is 7.62. The van der Waals surface area contributed by atoms with Crippen LogP contribution in [0.2, 0.25) is 0 Å². The van der Waals surface area contributed by atoms with Gasteiger partial charge < -0.3 is 15.9 Å². The van der Waals surface area contributed by atoms with Gasteiger partial charge in [0.15, 0.2) is 5.82 Å². The maximum absolute atomic E-state index is 12.2. The topological polar surface area (TPSA) is 95.1 Å². The number of nitrogen functional groups attached to an aromatic ring is 1. The second-order valence-electron chi connectivity index (χ2n) is 6.68. The molecule has 1 heterocycles. The molecular weight excluding hydrogens is 388 g/mol. The first-order chi connectivity index (χ1) is 13.5. The monoisotopic (exact) mass is 411 g/mol. The number of thioether (sulfide) groups is 1. The van der Waals surface area contributed by atoms with Crippen LogP contribution in [0.3, 0.4) is 0 Å². The van der Waals surface area contributed by atoms with Crippen molar-refractivity contribution in [2.24, 2.45) is 5.92 Å². The van der Waals surface area contributed by atoms with Gasteiger partial charge in [-0.1, -0.05) is 31.0 Å². The number of aromatic nitrogens is 3. The molecule has 0 radical (unpaired) electrons. The van der Waals surface area contributed by atoms with E-state index in [4.69, 9.17) is 5.84 Å². The lowest BCUT2D eigenvalue weighted by Crippen LogP contribution is -2.31. The van der Waals surface area contributed by atoms with Gasteiger partial charge in [0.05, 0.1) is 5.75 Å². The molecule has 1 fully saturated rings. The van der Waals surface area contributed by atoms with E-state index in [0.29, 0.717) is 29.0 Å². The lowest BCUT2D eigenvalue weighted by molar-refractivity contribution is -0.118. The summed E-state index contributed by atoms with van der Waals surface area (Å²) in [7, 11) is 0. The Morgan fingerprint density at radius 2 is 1.96 bits per heavy atom. The quantitative estimate of drug-likeness (QED) is 0.512. The SMILES string of the molecule is Nn1c(SCC(=O)NCC2CCCCC2)nnc1-c1ccc(OC(F)F)cc1. The fourth-order valence-electron chi connectivity index (χ4n) is 3.19. The summed E-state index contributed by atoms with van der Waals surface area (Å²) in [5.41, 5.74) is 0.602. The number of nitrogens with zero attached hydrogens (tertiary/aromatic N) is 3. The van der Waals surface area contributed by atoms with E-state index in [1.807, 2.05) is 0 Å². The largest absolute Gasteiger partial charge is 0.435 e. The van der Waals surface area contributed by atoms with E-state index >= 15 is 0 Å². The van der Waals surface area contributed by atoms with Crippen LogP contribution in [0.15, 0.2) is 29.4 Å². The van der Waals surface area contributed by atoms with Crippen LogP contribution in [0.5, 0.6) is 5.75 Å². The number of halogens is 2. The van der Waals surface area contributed by atoms with Gasteiger partial charge in [-0.2, -0.15) is 8.78 Å². The number of nitrogens with two attached hydrogens (primary N) is 1. The van der Waals surface area contributed by atoms with Crippen molar-refractivity contribution in [2.45, 2.75) is 43.9 Å². The van der Waals surface area contributed by atoms with Crippen LogP contribution in [0, 0.1) is 5.92 Å². The highest BCUT2D eigenvalue weighted by Gasteiger charge is 2.16. The van der Waals surface area contributed by atoms with Gasteiger partial charge in [0.2, 0.25) is 11.1 Å². The van der Waals surface area contributed by atoms with Gasteiger partial charge in [0.25, 0.3) is 0 Å². The minimum absolute atomic E-state index is 0.0473. The Morgan fingerprint density at radius 1 is 1.25 bits per heavy atom. The predicted molar refractivity (Wildman–Crippen MR) is 103 cm³/mol. The molecule has 152 valence electrons. The molecule has 1 aromatic heterocycles. The van der Waals surface area contributed by atoms with Gasteiger partial charge in [-0.15, -0.1) is 10.2 Å². The molecule has 3 rings (SSSR count). The summed E-state index contributed by atoms with van der Waals surface area (Å²) >= 11 is 1.20. The van der Waals surface area contributed by atoms with Crippen LogP contribution in [0.25, 0.3) is 11.4 Å². The Hall–Kier alpha value is -2.36. The van der Waals surface area contributed by atoms with Crippen molar-refractivity contribution in [1.82, 2.24) is 20.2 Å². The van der Waals surface area contributed by atoms with Gasteiger partial charge in [0, 0.05) is 12.1 Å². The number of carbonyl (C=O) groups is 1. The van der Waals surface area contributed by atoms with E-state index < -0.39 is 6.61 Å². The van der Waals surface area contributed by atoms with Crippen LogP contribution in [-0.2, 0) is 4.79 Å². The van der Waals surface area contributed by atoms with Crippen molar-refractivity contribution in [2.75, 3.05) is 18.1 Å². The zero-order valence-electron chi connectivity index (χ0n) is 15.3. The number of amides is 1. The maximum atomic E-state index is 12.2. The van der Waals surface area contributed by atoms with Gasteiger partial charge in [-0.3, -0.25) is 4.79 Å². The average Bonchev–Trinajstić information content (AvgIpc) is 3.06. The van der Waals surface area contributed by atoms with Gasteiger partial charge >= 0.3 is 6.61 Å². The van der Waals surface area contributed by atoms with Crippen molar-refractivity contribution < 1.29 is 18.3 Å². The third-order valence-electron chi connectivity index (χ3n) is 4.65. The summed E-state index contributed by atoms with van der Waals surface area (Å²) in [6.07, 6.45) is 6.12. The van der Waals surface area contributed by atoms with Crippen LogP contribution in [0.4, 0.5) is 8.78 Å². The molecule has 1 amide bonds. The highest BCUT2D eigenvalue weighted by Crippen LogP contribution is 2.25. The third-order valence-corrected chi connectivity index (χ3v) is 5.59. The van der Waals surface area contributed by atoms with E-state index in [9.17, 15) is 13.6 Å². The molecule has 1 saturated carbocycles. The van der Waals surface area contributed by atoms with E-state index in [0.717, 1.165) is 0 Å². The Morgan fingerprint density at radius 3 is 2.64 bits per heavy atom. The number of nitrogens with one attached hydrogen (secondary N) is 1. The minimum Gasteiger partial charge on any atom is -0.435 e. The first kappa shape index (κ1) is 20.4. The van der Waals surface area contributed by atoms with Crippen LogP contribution in [-0.4, -0.2) is 39.7 Å². The number of hydrogen-bond donors (Lipinski definition) is 2. The molecule has 1 aliphatic rings. The zero-order valence-corrected chi connectivity index (χ0v) is 16.1. The molecule has 10 heteroatoms. The van der Waals surface area contributed by atoms with Crippen molar-refractivity contribution in [1.29, 1.82) is 0 Å². The van der Waals surface area contributed by atoms with Crippen molar-refractivity contribution in [3.8, 4) is 17.1 Å². The highest BCUT2D eigenvalue weighted by molar-refractivity contribution is 7.99. The van der Waals surface area contributed by atoms with Gasteiger partial charge in [-0.25, -0.2) is 4.68 Å². The molecule has 0 saturated heterocycles. The lowest BCUT2D eigenvalue weighted by Gasteiger charge is -2.21. The summed E-state index contributed by atoms with van der Waals surface area (Å²) in [6, 6.07) is 5.94. The molecule has 0 atom stereocenters. The lowest BCUT2D eigenvalue weighted by atomic mass is 9.89. The molecule has 7 nitrogen and oxygen atoms in total. The summed E-state index contributed by atoms with van der Waals surface area (Å²) in [5, 5.41) is 11.4. The summed E-state index contributed by atoms with van der Waals surface area (Å²) in [4.78, 5) is 12.1. The molecule has 3 N–H and O–H groups in total. The van der Waals surface area contributed by atoms with Crippen molar-refractivity contribution >= 4 is 17.7 Å². The number of rotatable bonds is 8. The number of alkyl halides is 2. The van der Waals surface area contributed by atoms with Gasteiger partial charge in [0.1, 0.15) is 5.75 Å². The van der Waals surface area contributed by atoms with Crippen LogP contribution < -0.4 is 15.9 Å². The molecule has 0 bridgehead atoms. The molecule has 0 aliphatic heterocycles. The summed E-state index contributed by atoms with van der Waals surface area (Å²) < 4.78 is 30.0. The molecule has 0 unspecified atom stereocenters. The molecule has 2 aromatic rings. The predicted octanol–water partition coefficient (Wildman–Crippen LogP) is 3.05. The second kappa shape index (κ2) is 9.72.